The van der Waals surface area contributed by atoms with E-state index in [1.165, 1.54) is 6.33 Å². The van der Waals surface area contributed by atoms with E-state index in [2.05, 4.69) is 27.3 Å². The van der Waals surface area contributed by atoms with Crippen molar-refractivity contribution in [1.82, 2.24) is 25.1 Å². The molecule has 128 valence electrons. The lowest BCUT2D eigenvalue weighted by Crippen LogP contribution is -2.35. The average molecular weight is 329 g/mol. The highest BCUT2D eigenvalue weighted by Crippen LogP contribution is 2.33. The van der Waals surface area contributed by atoms with E-state index in [-0.39, 0.29) is 17.9 Å². The van der Waals surface area contributed by atoms with Crippen molar-refractivity contribution in [2.75, 3.05) is 13.2 Å². The number of nitrogens with one attached hydrogen (secondary N) is 1. The highest BCUT2D eigenvalue weighted by atomic mass is 16.5. The summed E-state index contributed by atoms with van der Waals surface area (Å²) in [6, 6.07) is 0. The number of ether oxygens (including phenoxy) is 1. The highest BCUT2D eigenvalue weighted by molar-refractivity contribution is 5.94. The molecule has 1 amide bonds. The van der Waals surface area contributed by atoms with Crippen molar-refractivity contribution in [1.29, 1.82) is 0 Å². The minimum Gasteiger partial charge on any atom is -0.373 e. The van der Waals surface area contributed by atoms with E-state index in [0.717, 1.165) is 31.6 Å². The van der Waals surface area contributed by atoms with Gasteiger partial charge >= 0.3 is 0 Å². The minimum absolute atomic E-state index is 0.0209. The van der Waals surface area contributed by atoms with Gasteiger partial charge in [-0.1, -0.05) is 0 Å². The molecule has 0 spiro atoms. The molecule has 0 aliphatic carbocycles. The average Bonchev–Trinajstić information content (AvgIpc) is 3.09. The van der Waals surface area contributed by atoms with Crippen LogP contribution in [0.1, 0.15) is 47.5 Å². The molecule has 1 aliphatic heterocycles. The van der Waals surface area contributed by atoms with E-state index in [1.807, 2.05) is 24.0 Å². The summed E-state index contributed by atoms with van der Waals surface area (Å²) >= 11 is 0. The van der Waals surface area contributed by atoms with Crippen molar-refractivity contribution in [3.05, 3.63) is 41.7 Å². The van der Waals surface area contributed by atoms with E-state index in [0.29, 0.717) is 17.8 Å². The van der Waals surface area contributed by atoms with Crippen molar-refractivity contribution in [3.63, 3.8) is 0 Å². The van der Waals surface area contributed by atoms with E-state index in [9.17, 15) is 4.79 Å². The van der Waals surface area contributed by atoms with Crippen LogP contribution in [0.4, 0.5) is 0 Å². The first-order chi connectivity index (χ1) is 11.7. The first-order valence-corrected chi connectivity index (χ1v) is 8.37. The fourth-order valence-corrected chi connectivity index (χ4v) is 3.05. The first kappa shape index (κ1) is 16.6. The summed E-state index contributed by atoms with van der Waals surface area (Å²) in [5.41, 5.74) is 2.28. The van der Waals surface area contributed by atoms with Gasteiger partial charge in [0.05, 0.1) is 23.6 Å². The molecule has 1 saturated heterocycles. The number of hydrogen-bond acceptors (Lipinski definition) is 5. The second kappa shape index (κ2) is 7.53. The van der Waals surface area contributed by atoms with E-state index < -0.39 is 0 Å². The maximum Gasteiger partial charge on any atom is 0.254 e. The predicted octanol–water partition coefficient (Wildman–Crippen LogP) is 1.90. The topological polar surface area (TPSA) is 81.9 Å². The molecule has 0 radical (unpaired) electrons. The molecule has 7 heteroatoms. The summed E-state index contributed by atoms with van der Waals surface area (Å²) in [5.74, 6) is 0.101. The van der Waals surface area contributed by atoms with Crippen LogP contribution in [0.5, 0.6) is 0 Å². The van der Waals surface area contributed by atoms with Gasteiger partial charge in [-0.15, -0.1) is 0 Å². The van der Waals surface area contributed by atoms with Crippen molar-refractivity contribution in [3.8, 4) is 0 Å². The normalized spacial score (nSPS) is 20.8. The molecule has 1 aliphatic rings. The fourth-order valence-electron chi connectivity index (χ4n) is 3.05. The summed E-state index contributed by atoms with van der Waals surface area (Å²) in [6.07, 6.45) is 8.90. The Morgan fingerprint density at radius 3 is 3.08 bits per heavy atom. The van der Waals surface area contributed by atoms with Crippen LogP contribution in [-0.4, -0.2) is 38.8 Å². The van der Waals surface area contributed by atoms with E-state index >= 15 is 0 Å². The lowest BCUT2D eigenvalue weighted by molar-refractivity contribution is -0.0273. The van der Waals surface area contributed by atoms with Crippen molar-refractivity contribution < 1.29 is 9.53 Å². The Morgan fingerprint density at radius 1 is 1.46 bits per heavy atom. The Morgan fingerprint density at radius 2 is 2.33 bits per heavy atom. The zero-order valence-electron chi connectivity index (χ0n) is 14.1. The lowest BCUT2D eigenvalue weighted by Gasteiger charge is -2.31. The second-order valence-electron chi connectivity index (χ2n) is 6.05. The monoisotopic (exact) mass is 329 g/mol. The van der Waals surface area contributed by atoms with Crippen LogP contribution in [0.25, 0.3) is 0 Å². The SMILES string of the molecule is CCn1cc([C@@H]2OCCC[C@H]2CNC(=O)c2cncnc2C)cn1. The molecular weight excluding hydrogens is 306 g/mol. The summed E-state index contributed by atoms with van der Waals surface area (Å²) in [4.78, 5) is 20.3. The van der Waals surface area contributed by atoms with Crippen LogP contribution in [0, 0.1) is 12.8 Å². The summed E-state index contributed by atoms with van der Waals surface area (Å²) in [7, 11) is 0. The Hall–Kier alpha value is -2.28. The number of aryl methyl sites for hydroxylation is 2. The molecule has 1 fully saturated rings. The molecule has 0 saturated carbocycles. The summed E-state index contributed by atoms with van der Waals surface area (Å²) < 4.78 is 7.86. The third-order valence-corrected chi connectivity index (χ3v) is 4.43. The number of nitrogens with zero attached hydrogens (tertiary/aromatic N) is 4. The molecule has 2 aromatic rings. The van der Waals surface area contributed by atoms with Gasteiger partial charge in [0.1, 0.15) is 6.33 Å². The van der Waals surface area contributed by atoms with E-state index in [1.54, 1.807) is 6.20 Å². The Bertz CT molecular complexity index is 700. The van der Waals surface area contributed by atoms with E-state index in [4.69, 9.17) is 4.74 Å². The van der Waals surface area contributed by atoms with Crippen LogP contribution in [0.2, 0.25) is 0 Å². The Balaban J connectivity index is 1.66. The smallest absolute Gasteiger partial charge is 0.254 e. The quantitative estimate of drug-likeness (QED) is 0.906. The molecule has 2 atom stereocenters. The molecule has 24 heavy (non-hydrogen) atoms. The largest absolute Gasteiger partial charge is 0.373 e. The van der Waals surface area contributed by atoms with Gasteiger partial charge in [0.15, 0.2) is 0 Å². The van der Waals surface area contributed by atoms with Crippen molar-refractivity contribution in [2.24, 2.45) is 5.92 Å². The fraction of sp³-hybridized carbons (Fsp3) is 0.529. The molecule has 2 aromatic heterocycles. The number of carbonyl (C=O) groups is 1. The van der Waals surface area contributed by atoms with Gasteiger partial charge in [0, 0.05) is 43.6 Å². The Labute approximate surface area is 141 Å². The van der Waals surface area contributed by atoms with Crippen molar-refractivity contribution >= 4 is 5.91 Å². The molecular formula is C17H23N5O2. The van der Waals surface area contributed by atoms with Crippen LogP contribution in [0.15, 0.2) is 24.9 Å². The lowest BCUT2D eigenvalue weighted by atomic mass is 9.90. The van der Waals surface area contributed by atoms with Crippen LogP contribution in [0.3, 0.4) is 0 Å². The Kier molecular flexibility index (Phi) is 5.20. The molecule has 1 N–H and O–H groups in total. The second-order valence-corrected chi connectivity index (χ2v) is 6.05. The number of rotatable bonds is 5. The molecule has 0 bridgehead atoms. The highest BCUT2D eigenvalue weighted by Gasteiger charge is 2.29. The van der Waals surface area contributed by atoms with Crippen LogP contribution >= 0.6 is 0 Å². The third kappa shape index (κ3) is 3.62. The molecule has 7 nitrogen and oxygen atoms in total. The molecule has 3 rings (SSSR count). The van der Waals surface area contributed by atoms with Gasteiger partial charge in [-0.3, -0.25) is 9.48 Å². The van der Waals surface area contributed by atoms with Gasteiger partial charge in [0.25, 0.3) is 5.91 Å². The first-order valence-electron chi connectivity index (χ1n) is 8.37. The third-order valence-electron chi connectivity index (χ3n) is 4.43. The van der Waals surface area contributed by atoms with Crippen LogP contribution in [-0.2, 0) is 11.3 Å². The van der Waals surface area contributed by atoms with Gasteiger partial charge in [-0.2, -0.15) is 5.10 Å². The van der Waals surface area contributed by atoms with Gasteiger partial charge in [-0.05, 0) is 26.7 Å². The summed E-state index contributed by atoms with van der Waals surface area (Å²) in [6.45, 7) is 6.01. The number of carbonyl (C=O) groups excluding carboxylic acids is 1. The maximum atomic E-state index is 12.4. The van der Waals surface area contributed by atoms with Gasteiger partial charge < -0.3 is 10.1 Å². The van der Waals surface area contributed by atoms with Crippen LogP contribution < -0.4 is 5.32 Å². The molecule has 0 unspecified atom stereocenters. The predicted molar refractivity (Wildman–Crippen MR) is 88.4 cm³/mol. The number of hydrogen-bond donors (Lipinski definition) is 1. The number of amides is 1. The number of aromatic nitrogens is 4. The summed E-state index contributed by atoms with van der Waals surface area (Å²) in [5, 5.41) is 7.34. The maximum absolute atomic E-state index is 12.4. The van der Waals surface area contributed by atoms with Crippen molar-refractivity contribution in [2.45, 2.75) is 39.3 Å². The molecule has 0 aromatic carbocycles. The standard InChI is InChI=1S/C17H23N5O2/c1-3-22-10-14(8-21-22)16-13(5-4-6-24-16)7-19-17(23)15-9-18-11-20-12(15)2/h8-11,13,16H,3-7H2,1-2H3,(H,19,23)/t13-,16+/m0/s1. The zero-order valence-corrected chi connectivity index (χ0v) is 14.1. The zero-order chi connectivity index (χ0) is 16.9. The minimum atomic E-state index is -0.137. The molecule has 3 heterocycles. The van der Waals surface area contributed by atoms with Gasteiger partial charge in [-0.25, -0.2) is 9.97 Å². The van der Waals surface area contributed by atoms with Gasteiger partial charge in [0.2, 0.25) is 0 Å².